The quantitative estimate of drug-likeness (QED) is 0.299. The molecule has 0 aliphatic heterocycles. The summed E-state index contributed by atoms with van der Waals surface area (Å²) in [4.78, 5) is 42.0. The van der Waals surface area contributed by atoms with E-state index in [1.54, 1.807) is 38.1 Å². The number of hydrogen-bond acceptors (Lipinski definition) is 7. The molecular formula is C19H23ClN4O5. The van der Waals surface area contributed by atoms with Crippen molar-refractivity contribution in [3.63, 3.8) is 0 Å². The van der Waals surface area contributed by atoms with Gasteiger partial charge in [0.1, 0.15) is 5.82 Å². The lowest BCUT2D eigenvalue weighted by Gasteiger charge is -2.25. The molecule has 2 aromatic rings. The molecule has 2 rings (SSSR count). The Hall–Kier alpha value is -2.91. The van der Waals surface area contributed by atoms with E-state index < -0.39 is 29.3 Å². The minimum Gasteiger partial charge on any atom is -0.489 e. The second kappa shape index (κ2) is 9.53. The van der Waals surface area contributed by atoms with Gasteiger partial charge in [-0.25, -0.2) is 15.6 Å². The van der Waals surface area contributed by atoms with Crippen LogP contribution in [0.5, 0.6) is 5.75 Å². The number of hydrogen-bond donors (Lipinski definition) is 2. The zero-order valence-corrected chi connectivity index (χ0v) is 17.3. The van der Waals surface area contributed by atoms with Gasteiger partial charge in [-0.1, -0.05) is 36.7 Å². The number of carbonyl (C=O) groups excluding carboxylic acids is 2. The van der Waals surface area contributed by atoms with Crippen LogP contribution in [0.25, 0.3) is 0 Å². The van der Waals surface area contributed by atoms with Gasteiger partial charge in [-0.15, -0.1) is 0 Å². The van der Waals surface area contributed by atoms with Crippen molar-refractivity contribution in [1.82, 2.24) is 15.0 Å². The van der Waals surface area contributed by atoms with Crippen LogP contribution >= 0.6 is 11.6 Å². The van der Waals surface area contributed by atoms with E-state index in [2.05, 4.69) is 10.4 Å². The van der Waals surface area contributed by atoms with Crippen molar-refractivity contribution in [2.75, 3.05) is 13.7 Å². The highest BCUT2D eigenvalue weighted by molar-refractivity contribution is 6.31. The lowest BCUT2D eigenvalue weighted by Crippen LogP contribution is -2.38. The maximum absolute atomic E-state index is 12.8. The van der Waals surface area contributed by atoms with E-state index in [-0.39, 0.29) is 23.9 Å². The van der Waals surface area contributed by atoms with Gasteiger partial charge in [-0.3, -0.25) is 19.6 Å². The monoisotopic (exact) mass is 422 g/mol. The normalized spacial score (nSPS) is 12.8. The van der Waals surface area contributed by atoms with Crippen LogP contribution in [-0.2, 0) is 16.6 Å². The number of ether oxygens (including phenoxy) is 2. The topological polar surface area (TPSA) is 126 Å². The maximum Gasteiger partial charge on any atom is 0.361 e. The number of halogens is 1. The van der Waals surface area contributed by atoms with Crippen molar-refractivity contribution < 1.29 is 19.1 Å². The van der Waals surface area contributed by atoms with Gasteiger partial charge in [0.05, 0.1) is 19.6 Å². The van der Waals surface area contributed by atoms with Gasteiger partial charge in [0.25, 0.3) is 5.56 Å². The minimum atomic E-state index is -0.866. The van der Waals surface area contributed by atoms with E-state index in [0.717, 1.165) is 0 Å². The van der Waals surface area contributed by atoms with E-state index >= 15 is 0 Å². The molecule has 0 saturated heterocycles. The first-order chi connectivity index (χ1) is 13.8. The molecule has 1 unspecified atom stereocenters. The summed E-state index contributed by atoms with van der Waals surface area (Å²) in [6.07, 6.45) is 0. The molecule has 0 radical (unpaired) electrons. The number of hydrazine groups is 1. The molecule has 9 nitrogen and oxygen atoms in total. The average Bonchev–Trinajstić information content (AvgIpc) is 2.71. The first-order valence-electron chi connectivity index (χ1n) is 8.85. The Morgan fingerprint density at radius 3 is 2.55 bits per heavy atom. The molecule has 0 saturated carbocycles. The van der Waals surface area contributed by atoms with Crippen molar-refractivity contribution in [2.24, 2.45) is 12.9 Å². The highest BCUT2D eigenvalue weighted by Crippen LogP contribution is 2.35. The maximum atomic E-state index is 12.8. The second-order valence-electron chi connectivity index (χ2n) is 6.23. The van der Waals surface area contributed by atoms with Crippen LogP contribution in [-0.4, -0.2) is 35.1 Å². The predicted octanol–water partition coefficient (Wildman–Crippen LogP) is 1.50. The average molecular weight is 423 g/mol. The number of nitrogens with one attached hydrogen (secondary N) is 1. The summed E-state index contributed by atoms with van der Waals surface area (Å²) in [5.74, 6) is 2.46. The van der Waals surface area contributed by atoms with Crippen LogP contribution in [0.3, 0.4) is 0 Å². The molecule has 2 atom stereocenters. The van der Waals surface area contributed by atoms with Gasteiger partial charge in [0, 0.05) is 18.0 Å². The van der Waals surface area contributed by atoms with Crippen LogP contribution in [0, 0.1) is 0 Å². The van der Waals surface area contributed by atoms with Crippen LogP contribution < -0.4 is 21.6 Å². The number of benzene rings is 1. The zero-order chi connectivity index (χ0) is 21.7. The van der Waals surface area contributed by atoms with Crippen molar-refractivity contribution >= 4 is 23.5 Å². The van der Waals surface area contributed by atoms with Gasteiger partial charge in [-0.2, -0.15) is 0 Å². The van der Waals surface area contributed by atoms with Gasteiger partial charge in [0.2, 0.25) is 11.7 Å². The molecule has 0 fully saturated rings. The van der Waals surface area contributed by atoms with Crippen molar-refractivity contribution in [3.05, 3.63) is 56.7 Å². The lowest BCUT2D eigenvalue weighted by molar-refractivity contribution is -0.123. The number of rotatable bonds is 7. The largest absolute Gasteiger partial charge is 0.489 e. The SMILES string of the molecule is CCOC(=O)c1nc(C(C)[C@H](C(=O)NN)c2ccccc2Cl)n(C)c(=O)c1OC. The molecule has 1 heterocycles. The van der Waals surface area contributed by atoms with Crippen LogP contribution in [0.15, 0.2) is 29.1 Å². The van der Waals surface area contributed by atoms with E-state index in [1.807, 2.05) is 0 Å². The van der Waals surface area contributed by atoms with E-state index in [1.165, 1.54) is 18.7 Å². The third-order valence-corrected chi connectivity index (χ3v) is 4.87. The van der Waals surface area contributed by atoms with Crippen molar-refractivity contribution in [1.29, 1.82) is 0 Å². The highest BCUT2D eigenvalue weighted by Gasteiger charge is 2.33. The van der Waals surface area contributed by atoms with Gasteiger partial charge < -0.3 is 9.47 Å². The Balaban J connectivity index is 2.70. The number of aromatic nitrogens is 2. The fourth-order valence-corrected chi connectivity index (χ4v) is 3.38. The van der Waals surface area contributed by atoms with E-state index in [0.29, 0.717) is 10.6 Å². The van der Waals surface area contributed by atoms with Gasteiger partial charge >= 0.3 is 5.97 Å². The van der Waals surface area contributed by atoms with Crippen LogP contribution in [0.4, 0.5) is 0 Å². The molecule has 1 amide bonds. The number of nitrogens with two attached hydrogens (primary N) is 1. The van der Waals surface area contributed by atoms with Crippen LogP contribution in [0.1, 0.15) is 47.6 Å². The molecule has 10 heteroatoms. The summed E-state index contributed by atoms with van der Waals surface area (Å²) in [7, 11) is 2.74. The number of esters is 1. The molecule has 0 aliphatic rings. The molecule has 0 bridgehead atoms. The Labute approximate surface area is 172 Å². The smallest absolute Gasteiger partial charge is 0.361 e. The Morgan fingerprint density at radius 2 is 2.00 bits per heavy atom. The summed E-state index contributed by atoms with van der Waals surface area (Å²) in [5.41, 5.74) is 1.79. The molecule has 156 valence electrons. The summed E-state index contributed by atoms with van der Waals surface area (Å²) in [6.45, 7) is 3.42. The lowest BCUT2D eigenvalue weighted by atomic mass is 9.85. The Bertz CT molecular complexity index is 976. The fraction of sp³-hybridized carbons (Fsp3) is 0.368. The predicted molar refractivity (Wildman–Crippen MR) is 107 cm³/mol. The third kappa shape index (κ3) is 4.41. The van der Waals surface area contributed by atoms with Gasteiger partial charge in [-0.05, 0) is 18.6 Å². The highest BCUT2D eigenvalue weighted by atomic mass is 35.5. The first kappa shape index (κ1) is 22.4. The van der Waals surface area contributed by atoms with E-state index in [9.17, 15) is 14.4 Å². The first-order valence-corrected chi connectivity index (χ1v) is 9.23. The van der Waals surface area contributed by atoms with Crippen molar-refractivity contribution in [3.8, 4) is 5.75 Å². The summed E-state index contributed by atoms with van der Waals surface area (Å²) in [5, 5.41) is 0.358. The number of carbonyl (C=O) groups is 2. The number of amides is 1. The Kier molecular flexibility index (Phi) is 7.35. The second-order valence-corrected chi connectivity index (χ2v) is 6.64. The van der Waals surface area contributed by atoms with E-state index in [4.69, 9.17) is 26.9 Å². The Morgan fingerprint density at radius 1 is 1.34 bits per heavy atom. The molecule has 0 spiro atoms. The third-order valence-electron chi connectivity index (χ3n) is 4.53. The van der Waals surface area contributed by atoms with Crippen LogP contribution in [0.2, 0.25) is 5.02 Å². The molecule has 1 aromatic heterocycles. The molecule has 3 N–H and O–H groups in total. The zero-order valence-electron chi connectivity index (χ0n) is 16.6. The molecule has 0 aliphatic carbocycles. The number of nitrogens with zero attached hydrogens (tertiary/aromatic N) is 2. The van der Waals surface area contributed by atoms with Crippen molar-refractivity contribution in [2.45, 2.75) is 25.7 Å². The number of methoxy groups -OCH3 is 1. The summed E-state index contributed by atoms with van der Waals surface area (Å²) < 4.78 is 11.3. The molecule has 1 aromatic carbocycles. The standard InChI is InChI=1S/C19H23ClN4O5/c1-5-29-19(27)14-15(28-4)18(26)24(3)16(22-14)10(2)13(17(25)23-21)11-8-6-7-9-12(11)20/h6-10,13H,5,21H2,1-4H3,(H,23,25)/t10?,13-/m0/s1. The fourth-order valence-electron chi connectivity index (χ4n) is 3.13. The summed E-state index contributed by atoms with van der Waals surface area (Å²) >= 11 is 6.29. The molecular weight excluding hydrogens is 400 g/mol. The minimum absolute atomic E-state index is 0.0988. The molecule has 29 heavy (non-hydrogen) atoms. The summed E-state index contributed by atoms with van der Waals surface area (Å²) in [6, 6.07) is 6.79. The van der Waals surface area contributed by atoms with Gasteiger partial charge in [0.15, 0.2) is 5.69 Å².